The highest BCUT2D eigenvalue weighted by molar-refractivity contribution is 6.49. The first-order valence-corrected chi connectivity index (χ1v) is 13.3. The first-order chi connectivity index (χ1) is 22.3. The van der Waals surface area contributed by atoms with Crippen LogP contribution in [0, 0.1) is 70.5 Å². The highest BCUT2D eigenvalue weighted by Crippen LogP contribution is 2.34. The molecule has 4 aliphatic heterocycles. The number of ether oxygens (including phenoxy) is 4. The molecule has 0 aliphatic carbocycles. The zero-order chi connectivity index (χ0) is 34.3. The van der Waals surface area contributed by atoms with Crippen molar-refractivity contribution in [3.63, 3.8) is 0 Å². The highest BCUT2D eigenvalue weighted by Gasteiger charge is 2.54. The minimum atomic E-state index is -2.74. The van der Waals surface area contributed by atoms with Gasteiger partial charge in [-0.1, -0.05) is 18.4 Å². The number of carbonyl (C=O) groups excluding carboxylic acids is 6. The van der Waals surface area contributed by atoms with E-state index in [1.807, 2.05) is 0 Å². The predicted octanol–water partition coefficient (Wildman–Crippen LogP) is -2.33. The van der Waals surface area contributed by atoms with Crippen LogP contribution in [0.1, 0.15) is 32.1 Å². The third-order valence-electron chi connectivity index (χ3n) is 6.26. The molecule has 4 heterocycles. The molecule has 0 aromatic heterocycles. The largest absolute Gasteiger partial charge is 0.828 e. The summed E-state index contributed by atoms with van der Waals surface area (Å²) in [6.07, 6.45) is -6.60. The molecule has 4 atom stereocenters. The van der Waals surface area contributed by atoms with Crippen LogP contribution in [-0.2, 0) is 47.3 Å². The second-order valence-corrected chi connectivity index (χ2v) is 9.85. The topological polar surface area (TPSA) is 227 Å². The molecule has 4 rings (SSSR count). The van der Waals surface area contributed by atoms with Gasteiger partial charge >= 0.3 is 17.7 Å². The molecule has 14 nitrogen and oxygen atoms in total. The van der Waals surface area contributed by atoms with Crippen molar-refractivity contribution in [2.24, 2.45) is 0 Å². The molecule has 2 N–H and O–H groups in total. The number of fused-ring (bicyclic) bond motifs is 3. The first kappa shape index (κ1) is 33.6. The quantitative estimate of drug-likeness (QED) is 0.0475. The number of carbonyl (C=O) groups is 5. The van der Waals surface area contributed by atoms with Crippen LogP contribution in [0.4, 0.5) is 0 Å². The van der Waals surface area contributed by atoms with Gasteiger partial charge in [0.25, 0.3) is 29.1 Å². The van der Waals surface area contributed by atoms with Gasteiger partial charge in [0.15, 0.2) is 5.71 Å². The summed E-state index contributed by atoms with van der Waals surface area (Å²) in [6, 6.07) is 0. The first-order valence-electron chi connectivity index (χ1n) is 13.3. The van der Waals surface area contributed by atoms with Gasteiger partial charge in [0.05, 0.1) is 12.8 Å². The van der Waals surface area contributed by atoms with Crippen molar-refractivity contribution in [1.82, 2.24) is 0 Å². The number of carboxylic acid groups (broad SMARTS) is 1. The lowest BCUT2D eigenvalue weighted by molar-refractivity contribution is -0.560. The Balaban J connectivity index is 1.72. The molecule has 4 aliphatic rings. The van der Waals surface area contributed by atoms with Gasteiger partial charge in [-0.2, -0.15) is 0 Å². The van der Waals surface area contributed by atoms with Gasteiger partial charge < -0.3 is 34.3 Å². The van der Waals surface area contributed by atoms with Crippen LogP contribution in [0.3, 0.4) is 0 Å². The molecular weight excluding hydrogens is 618 g/mol. The number of aliphatic hydroxyl groups is 1. The molecule has 0 aromatic rings. The van der Waals surface area contributed by atoms with Crippen molar-refractivity contribution in [2.75, 3.05) is 0 Å². The summed E-state index contributed by atoms with van der Waals surface area (Å²) >= 11 is 0. The number of aliphatic hydroxyl groups excluding tert-OH is 1. The number of ketones is 4. The van der Waals surface area contributed by atoms with Crippen molar-refractivity contribution in [3.8, 4) is 59.2 Å². The minimum absolute atomic E-state index is 0.0112. The third kappa shape index (κ3) is 8.86. The van der Waals surface area contributed by atoms with Crippen molar-refractivity contribution < 1.29 is 62.7 Å². The van der Waals surface area contributed by atoms with Gasteiger partial charge in [-0.15, -0.1) is 0 Å². The number of Topliss-reactive ketones (excluding diaryl/α,β-unsaturated/α-hetero) is 3. The van der Waals surface area contributed by atoms with Gasteiger partial charge in [-0.3, -0.25) is 24.2 Å². The van der Waals surface area contributed by atoms with Crippen LogP contribution in [0.15, 0.2) is 36.4 Å². The number of esters is 1. The van der Waals surface area contributed by atoms with Crippen molar-refractivity contribution >= 4 is 40.8 Å². The Kier molecular flexibility index (Phi) is 10.1. The maximum absolute atomic E-state index is 13.5. The standard InChI is InChI=1S/C33H19NO13/c1-18-10-8-6-4-3-5-7-9-11-21(45-32-30(39)28(34)29(38)19(2)44-32)15-25-27(31(40)41)22(36)17-33(42,47-25)16-20(35)14-24-23(46-24)12-13-26(37)43-18/h23-25,34H,1-2,10,14-17H2,(H-,39,40,41)/t23-,24-,25+,33-/m1/s1. The summed E-state index contributed by atoms with van der Waals surface area (Å²) in [5.41, 5.74) is -0.941. The van der Waals surface area contributed by atoms with E-state index in [9.17, 15) is 39.3 Å². The molecule has 0 saturated carbocycles. The van der Waals surface area contributed by atoms with E-state index in [0.717, 1.165) is 0 Å². The van der Waals surface area contributed by atoms with E-state index in [4.69, 9.17) is 28.8 Å². The number of hydrogen-bond acceptors (Lipinski definition) is 13. The van der Waals surface area contributed by atoms with Gasteiger partial charge in [0, 0.05) is 30.5 Å². The van der Waals surface area contributed by atoms with Gasteiger partial charge in [0.1, 0.15) is 30.2 Å². The molecule has 2 fully saturated rings. The number of hydrogen-bond donors (Lipinski definition) is 2. The van der Waals surface area contributed by atoms with Gasteiger partial charge in [-0.05, 0) is 42.1 Å². The van der Waals surface area contributed by atoms with E-state index in [0.29, 0.717) is 0 Å². The zero-order valence-corrected chi connectivity index (χ0v) is 24.0. The number of nitrogens with one attached hydrogen (secondary N) is 1. The van der Waals surface area contributed by atoms with Gasteiger partial charge in [-0.25, -0.2) is 9.59 Å². The molecule has 0 radical (unpaired) electrons. The lowest BCUT2D eigenvalue weighted by Crippen LogP contribution is -2.60. The Morgan fingerprint density at radius 2 is 1.72 bits per heavy atom. The maximum atomic E-state index is 13.5. The number of allylic oxidation sites excluding steroid dienone is 3. The van der Waals surface area contributed by atoms with E-state index in [2.05, 4.69) is 72.4 Å². The highest BCUT2D eigenvalue weighted by atomic mass is 16.6. The summed E-state index contributed by atoms with van der Waals surface area (Å²) in [4.78, 5) is 61.3. The molecule has 2 bridgehead atoms. The van der Waals surface area contributed by atoms with E-state index >= 15 is 0 Å². The molecule has 0 spiro atoms. The smallest absolute Gasteiger partial charge is 0.571 e. The van der Waals surface area contributed by atoms with Crippen LogP contribution in [0.2, 0.25) is 0 Å². The fourth-order valence-electron chi connectivity index (χ4n) is 4.15. The van der Waals surface area contributed by atoms with Crippen LogP contribution >= 0.6 is 0 Å². The molecule has 47 heavy (non-hydrogen) atoms. The van der Waals surface area contributed by atoms with E-state index in [1.165, 1.54) is 0 Å². The Bertz CT molecular complexity index is 1910. The Morgan fingerprint density at radius 1 is 1.02 bits per heavy atom. The predicted molar refractivity (Wildman–Crippen MR) is 149 cm³/mol. The normalized spacial score (nSPS) is 27.3. The van der Waals surface area contributed by atoms with Crippen LogP contribution < -0.4 is 10.2 Å². The minimum Gasteiger partial charge on any atom is -0.828 e. The van der Waals surface area contributed by atoms with Crippen LogP contribution in [0.5, 0.6) is 0 Å². The van der Waals surface area contributed by atoms with E-state index < -0.39 is 108 Å². The Morgan fingerprint density at radius 3 is 2.45 bits per heavy atom. The molecule has 14 heteroatoms. The molecule has 2 saturated heterocycles. The Hall–Kier alpha value is -6.34. The summed E-state index contributed by atoms with van der Waals surface area (Å²) in [7, 11) is 0. The fourth-order valence-corrected chi connectivity index (χ4v) is 4.15. The number of aliphatic carboxylic acids is 1. The molecule has 0 amide bonds. The van der Waals surface area contributed by atoms with E-state index in [1.54, 1.807) is 0 Å². The molecule has 234 valence electrons. The van der Waals surface area contributed by atoms with Crippen molar-refractivity contribution in [1.29, 1.82) is 5.41 Å². The third-order valence-corrected chi connectivity index (χ3v) is 6.26. The van der Waals surface area contributed by atoms with Crippen molar-refractivity contribution in [3.05, 3.63) is 42.3 Å². The number of cyclic esters (lactones) is 1. The van der Waals surface area contributed by atoms with Crippen LogP contribution in [-0.4, -0.2) is 70.0 Å². The summed E-state index contributed by atoms with van der Waals surface area (Å²) in [5, 5.41) is 43.4. The lowest BCUT2D eigenvalue weighted by Gasteiger charge is -2.43. The van der Waals surface area contributed by atoms with E-state index in [-0.39, 0.29) is 18.6 Å². The summed E-state index contributed by atoms with van der Waals surface area (Å²) in [5.74, 6) is 11.2. The lowest BCUT2D eigenvalue weighted by atomic mass is 9.84. The summed E-state index contributed by atoms with van der Waals surface area (Å²) < 4.78 is 26.0. The van der Waals surface area contributed by atoms with Crippen molar-refractivity contribution in [2.45, 2.75) is 56.2 Å². The van der Waals surface area contributed by atoms with Gasteiger partial charge in [0.2, 0.25) is 12.0 Å². The molecule has 0 aromatic carbocycles. The maximum Gasteiger partial charge on any atom is 0.571 e. The monoisotopic (exact) mass is 637 g/mol. The SMILES string of the molecule is C=C1CC#CC#CC#CC#CC(=[O+]C2=C(O)C(=N)C(=O)C(=C)O2)C[C@@H]2O[C@]([O-])(CC(=O)C[C@H]3O[C@@H]3C#CC(=O)O1)CC(=O)[C+]2C(=O)[O-]. The molecule has 0 unspecified atom stereocenters. The molecular formula is C33H19NO13. The average Bonchev–Trinajstić information content (AvgIpc) is 3.72. The average molecular weight is 638 g/mol. The zero-order valence-electron chi connectivity index (χ0n) is 24.0. The number of rotatable bonds is 2. The fraction of sp³-hybridized carbons (Fsp3) is 0.273. The number of epoxide rings is 1. The van der Waals surface area contributed by atoms with Crippen LogP contribution in [0.25, 0.3) is 0 Å². The summed E-state index contributed by atoms with van der Waals surface area (Å²) in [6.45, 7) is 6.86. The second-order valence-electron chi connectivity index (χ2n) is 9.85. The number of carboxylic acids is 1. The second kappa shape index (κ2) is 14.2. The Labute approximate surface area is 266 Å².